The minimum absolute atomic E-state index is 0.359. The summed E-state index contributed by atoms with van der Waals surface area (Å²) in [5.41, 5.74) is 0.760. The van der Waals surface area contributed by atoms with E-state index in [1.807, 2.05) is 25.8 Å². The largest absolute Gasteiger partial charge is 0.496 e. The van der Waals surface area contributed by atoms with E-state index in [1.54, 1.807) is 55.7 Å². The van der Waals surface area contributed by atoms with Crippen LogP contribution in [0.4, 0.5) is 10.1 Å². The molecule has 180 valence electrons. The van der Waals surface area contributed by atoms with Crippen LogP contribution < -0.4 is 20.7 Å². The van der Waals surface area contributed by atoms with Gasteiger partial charge in [-0.1, -0.05) is 45.1 Å². The number of hydrogen-bond donors (Lipinski definition) is 2. The third kappa shape index (κ3) is 5.82. The highest BCUT2D eigenvalue weighted by Crippen LogP contribution is 2.37. The van der Waals surface area contributed by atoms with Gasteiger partial charge in [-0.2, -0.15) is 4.39 Å². The van der Waals surface area contributed by atoms with Crippen LogP contribution in [0.1, 0.15) is 37.5 Å². The molecule has 0 spiro atoms. The van der Waals surface area contributed by atoms with Crippen LogP contribution in [-0.4, -0.2) is 31.3 Å². The average Bonchev–Trinajstić information content (AvgIpc) is 2.73. The molecule has 8 nitrogen and oxygen atoms in total. The molecule has 0 saturated heterocycles. The van der Waals surface area contributed by atoms with E-state index in [1.165, 1.54) is 0 Å². The number of aromatic nitrogens is 2. The number of nitrogens with zero attached hydrogens (tertiary/aromatic N) is 1. The molecule has 0 bridgehead atoms. The fourth-order valence-electron chi connectivity index (χ4n) is 3.39. The molecule has 1 aromatic heterocycles. The number of halogens is 1. The lowest BCUT2D eigenvalue weighted by atomic mass is 9.84. The van der Waals surface area contributed by atoms with Crippen molar-refractivity contribution in [3.05, 3.63) is 85.9 Å². The van der Waals surface area contributed by atoms with E-state index in [0.29, 0.717) is 22.7 Å². The van der Waals surface area contributed by atoms with E-state index < -0.39 is 27.1 Å². The van der Waals surface area contributed by atoms with E-state index in [-0.39, 0.29) is 5.41 Å². The van der Waals surface area contributed by atoms with Gasteiger partial charge in [-0.15, -0.1) is 0 Å². The monoisotopic (exact) mass is 487 g/mol. The first kappa shape index (κ1) is 25.0. The van der Waals surface area contributed by atoms with Gasteiger partial charge < -0.3 is 4.74 Å². The highest BCUT2D eigenvalue weighted by Gasteiger charge is 2.23. The van der Waals surface area contributed by atoms with E-state index in [4.69, 9.17) is 4.74 Å². The lowest BCUT2D eigenvalue weighted by Crippen LogP contribution is -2.30. The van der Waals surface area contributed by atoms with Crippen molar-refractivity contribution in [1.82, 2.24) is 9.55 Å². The molecule has 1 heterocycles. The lowest BCUT2D eigenvalue weighted by Gasteiger charge is -2.25. The molecular formula is C24H26FN3O5S. The summed E-state index contributed by atoms with van der Waals surface area (Å²) >= 11 is 0. The predicted octanol–water partition coefficient (Wildman–Crippen LogP) is 3.51. The Morgan fingerprint density at radius 1 is 1.09 bits per heavy atom. The number of benzene rings is 2. The maximum Gasteiger partial charge on any atom is 0.333 e. The lowest BCUT2D eigenvalue weighted by molar-refractivity contribution is 0.396. The number of nitrogens with one attached hydrogen (secondary N) is 2. The summed E-state index contributed by atoms with van der Waals surface area (Å²) in [6.45, 7) is 5.93. The molecule has 2 N–H and O–H groups in total. The maximum absolute atomic E-state index is 13.9. The smallest absolute Gasteiger partial charge is 0.333 e. The Kier molecular flexibility index (Phi) is 6.83. The Hall–Kier alpha value is -3.66. The molecule has 10 heteroatoms. The Bertz CT molecular complexity index is 1460. The van der Waals surface area contributed by atoms with Gasteiger partial charge in [0, 0.05) is 16.8 Å². The normalized spacial score (nSPS) is 12.2. The quantitative estimate of drug-likeness (QED) is 0.517. The maximum atomic E-state index is 13.9. The molecule has 0 atom stereocenters. The van der Waals surface area contributed by atoms with Crippen molar-refractivity contribution in [3.8, 4) is 11.4 Å². The minimum Gasteiger partial charge on any atom is -0.496 e. The van der Waals surface area contributed by atoms with E-state index >= 15 is 0 Å². The first-order chi connectivity index (χ1) is 15.8. The number of ether oxygens (including phenoxy) is 1. The Labute approximate surface area is 196 Å². The second-order valence-electron chi connectivity index (χ2n) is 8.80. The second-order valence-corrected chi connectivity index (χ2v) is 10.6. The zero-order valence-corrected chi connectivity index (χ0v) is 20.3. The van der Waals surface area contributed by atoms with Gasteiger partial charge in [0.05, 0.1) is 25.2 Å². The Morgan fingerprint density at radius 3 is 2.29 bits per heavy atom. The molecule has 3 aromatic rings. The SMILES string of the molecule is COc1c(/C=C/c2ccc(NS(C)(=O)=O)cc2)cc(-n2cc(F)c(=O)[nH]c2=O)cc1C(C)(C)C. The van der Waals surface area contributed by atoms with Crippen molar-refractivity contribution >= 4 is 27.9 Å². The first-order valence-corrected chi connectivity index (χ1v) is 12.2. The van der Waals surface area contributed by atoms with Crippen LogP contribution in [-0.2, 0) is 15.4 Å². The van der Waals surface area contributed by atoms with Crippen molar-refractivity contribution in [2.45, 2.75) is 26.2 Å². The third-order valence-electron chi connectivity index (χ3n) is 4.96. The van der Waals surface area contributed by atoms with Crippen LogP contribution in [0.15, 0.2) is 52.2 Å². The van der Waals surface area contributed by atoms with Gasteiger partial charge in [0.2, 0.25) is 15.8 Å². The first-order valence-electron chi connectivity index (χ1n) is 10.3. The highest BCUT2D eigenvalue weighted by atomic mass is 32.2. The summed E-state index contributed by atoms with van der Waals surface area (Å²) < 4.78 is 45.8. The van der Waals surface area contributed by atoms with Crippen LogP contribution in [0.2, 0.25) is 0 Å². The van der Waals surface area contributed by atoms with Gasteiger partial charge in [0.15, 0.2) is 0 Å². The van der Waals surface area contributed by atoms with Gasteiger partial charge in [-0.05, 0) is 35.2 Å². The third-order valence-corrected chi connectivity index (χ3v) is 5.57. The number of hydrogen-bond acceptors (Lipinski definition) is 5. The van der Waals surface area contributed by atoms with Gasteiger partial charge in [-0.3, -0.25) is 19.1 Å². The minimum atomic E-state index is -3.37. The molecule has 3 rings (SSSR count). The molecule has 0 aliphatic rings. The van der Waals surface area contributed by atoms with Crippen molar-refractivity contribution < 1.29 is 17.5 Å². The van der Waals surface area contributed by atoms with Gasteiger partial charge in [0.1, 0.15) is 5.75 Å². The molecule has 0 fully saturated rings. The Morgan fingerprint density at radius 2 is 1.74 bits per heavy atom. The number of anilines is 1. The Balaban J connectivity index is 2.13. The van der Waals surface area contributed by atoms with Crippen molar-refractivity contribution in [2.75, 3.05) is 18.1 Å². The molecule has 34 heavy (non-hydrogen) atoms. The molecule has 0 aliphatic heterocycles. The molecule has 0 unspecified atom stereocenters. The number of methoxy groups -OCH3 is 1. The van der Waals surface area contributed by atoms with Crippen molar-refractivity contribution in [3.63, 3.8) is 0 Å². The molecule has 0 amide bonds. The fraction of sp³-hybridized carbons (Fsp3) is 0.250. The second kappa shape index (κ2) is 9.30. The van der Waals surface area contributed by atoms with Crippen LogP contribution in [0.3, 0.4) is 0 Å². The van der Waals surface area contributed by atoms with Crippen molar-refractivity contribution in [1.29, 1.82) is 0 Å². The van der Waals surface area contributed by atoms with Gasteiger partial charge in [-0.25, -0.2) is 13.2 Å². The number of H-pyrrole nitrogens is 1. The number of aromatic amines is 1. The van der Waals surface area contributed by atoms with Gasteiger partial charge in [0.25, 0.3) is 5.56 Å². The zero-order valence-electron chi connectivity index (χ0n) is 19.5. The van der Waals surface area contributed by atoms with E-state index in [2.05, 4.69) is 4.72 Å². The van der Waals surface area contributed by atoms with Crippen LogP contribution in [0.25, 0.3) is 17.8 Å². The molecule has 0 saturated carbocycles. The highest BCUT2D eigenvalue weighted by molar-refractivity contribution is 7.92. The van der Waals surface area contributed by atoms with Crippen LogP contribution in [0.5, 0.6) is 5.75 Å². The summed E-state index contributed by atoms with van der Waals surface area (Å²) in [5.74, 6) is -0.492. The number of sulfonamides is 1. The predicted molar refractivity (Wildman–Crippen MR) is 132 cm³/mol. The van der Waals surface area contributed by atoms with Crippen LogP contribution >= 0.6 is 0 Å². The standard InChI is InChI=1S/C24H26FN3O5S/c1-24(2,3)19-13-18(28-14-20(25)22(29)26-23(28)30)12-16(21(19)33-4)9-6-15-7-10-17(11-8-15)27-34(5,31)32/h6-14,27H,1-5H3,(H,26,29,30)/b9-6+. The topological polar surface area (TPSA) is 110 Å². The fourth-order valence-corrected chi connectivity index (χ4v) is 3.95. The molecule has 2 aromatic carbocycles. The molecule has 0 aliphatic carbocycles. The summed E-state index contributed by atoms with van der Waals surface area (Å²) in [7, 11) is -1.83. The summed E-state index contributed by atoms with van der Waals surface area (Å²) in [6.07, 6.45) is 5.51. The molecule has 0 radical (unpaired) electrons. The summed E-state index contributed by atoms with van der Waals surface area (Å²) in [4.78, 5) is 25.8. The number of rotatable bonds is 6. The van der Waals surface area contributed by atoms with E-state index in [9.17, 15) is 22.4 Å². The van der Waals surface area contributed by atoms with Crippen LogP contribution in [0, 0.1) is 5.82 Å². The average molecular weight is 488 g/mol. The summed E-state index contributed by atoms with van der Waals surface area (Å²) in [6, 6.07) is 10.1. The van der Waals surface area contributed by atoms with E-state index in [0.717, 1.165) is 28.1 Å². The summed E-state index contributed by atoms with van der Waals surface area (Å²) in [5, 5.41) is 0. The van der Waals surface area contributed by atoms with Crippen molar-refractivity contribution in [2.24, 2.45) is 0 Å². The van der Waals surface area contributed by atoms with Gasteiger partial charge >= 0.3 is 5.69 Å². The molecular weight excluding hydrogens is 461 g/mol. The zero-order chi connectivity index (χ0) is 25.3.